The lowest BCUT2D eigenvalue weighted by molar-refractivity contribution is -0.274. The maximum Gasteiger partial charge on any atom is 0.425 e. The van der Waals surface area contributed by atoms with E-state index in [0.29, 0.717) is 13.1 Å². The quantitative estimate of drug-likeness (QED) is 0.926. The SMILES string of the molecule is Cc1ccc(C(O)(CC(=O)N2CCC3(CCC3)C2)C(F)(F)F)o1. The third kappa shape index (κ3) is 2.75. The van der Waals surface area contributed by atoms with Crippen LogP contribution in [-0.2, 0) is 10.4 Å². The fraction of sp³-hybridized carbons (Fsp3) is 0.688. The molecule has 0 bridgehead atoms. The molecule has 1 spiro atoms. The van der Waals surface area contributed by atoms with Crippen molar-refractivity contribution in [2.75, 3.05) is 13.1 Å². The fourth-order valence-corrected chi connectivity index (χ4v) is 3.55. The molecular weight excluding hydrogens is 311 g/mol. The highest BCUT2D eigenvalue weighted by atomic mass is 19.4. The van der Waals surface area contributed by atoms with E-state index >= 15 is 0 Å². The first-order valence-electron chi connectivity index (χ1n) is 7.79. The summed E-state index contributed by atoms with van der Waals surface area (Å²) in [6.07, 6.45) is -2.03. The Hall–Kier alpha value is -1.50. The summed E-state index contributed by atoms with van der Waals surface area (Å²) in [5.74, 6) is -1.05. The van der Waals surface area contributed by atoms with Gasteiger partial charge in [0.1, 0.15) is 11.5 Å². The predicted molar refractivity (Wildman–Crippen MR) is 75.5 cm³/mol. The van der Waals surface area contributed by atoms with Crippen LogP contribution in [0.15, 0.2) is 16.5 Å². The number of hydrogen-bond donors (Lipinski definition) is 1. The summed E-state index contributed by atoms with van der Waals surface area (Å²) in [6.45, 7) is 2.45. The molecule has 0 radical (unpaired) electrons. The topological polar surface area (TPSA) is 53.7 Å². The van der Waals surface area contributed by atoms with Crippen LogP contribution in [0.3, 0.4) is 0 Å². The standard InChI is InChI=1S/C16H20F3NO3/c1-11-3-4-12(23-11)15(22,16(17,18)19)9-13(21)20-8-7-14(10-20)5-2-6-14/h3-4,22H,2,5-10H2,1H3. The number of carbonyl (C=O) groups is 1. The number of aryl methyl sites for hydroxylation is 1. The molecule has 7 heteroatoms. The lowest BCUT2D eigenvalue weighted by Crippen LogP contribution is -2.47. The van der Waals surface area contributed by atoms with E-state index in [4.69, 9.17) is 4.42 Å². The third-order valence-corrected chi connectivity index (χ3v) is 5.23. The Morgan fingerprint density at radius 2 is 2.04 bits per heavy atom. The lowest BCUT2D eigenvalue weighted by atomic mass is 9.68. The van der Waals surface area contributed by atoms with Crippen molar-refractivity contribution in [3.8, 4) is 0 Å². The van der Waals surface area contributed by atoms with Crippen molar-refractivity contribution in [1.82, 2.24) is 4.90 Å². The molecule has 1 aromatic heterocycles. The van der Waals surface area contributed by atoms with Gasteiger partial charge in [-0.05, 0) is 43.7 Å². The van der Waals surface area contributed by atoms with Crippen LogP contribution in [-0.4, -0.2) is 35.2 Å². The minimum Gasteiger partial charge on any atom is -0.463 e. The van der Waals surface area contributed by atoms with Gasteiger partial charge < -0.3 is 14.4 Å². The summed E-state index contributed by atoms with van der Waals surface area (Å²) in [7, 11) is 0. The molecule has 2 heterocycles. The number of alkyl halides is 3. The van der Waals surface area contributed by atoms with Gasteiger partial charge >= 0.3 is 6.18 Å². The molecule has 1 N–H and O–H groups in total. The van der Waals surface area contributed by atoms with Crippen LogP contribution in [0.4, 0.5) is 13.2 Å². The third-order valence-electron chi connectivity index (χ3n) is 5.23. The van der Waals surface area contributed by atoms with Crippen LogP contribution in [0.5, 0.6) is 0 Å². The fourth-order valence-electron chi connectivity index (χ4n) is 3.55. The van der Waals surface area contributed by atoms with Crippen LogP contribution in [0.1, 0.15) is 43.6 Å². The highest BCUT2D eigenvalue weighted by molar-refractivity contribution is 5.78. The number of aliphatic hydroxyl groups is 1. The first kappa shape index (κ1) is 16.4. The van der Waals surface area contributed by atoms with Gasteiger partial charge in [0.2, 0.25) is 11.5 Å². The van der Waals surface area contributed by atoms with E-state index in [1.54, 1.807) is 0 Å². The summed E-state index contributed by atoms with van der Waals surface area (Å²) in [4.78, 5) is 13.8. The Morgan fingerprint density at radius 1 is 1.35 bits per heavy atom. The predicted octanol–water partition coefficient (Wildman–Crippen LogP) is 3.13. The van der Waals surface area contributed by atoms with Crippen LogP contribution < -0.4 is 0 Å². The van der Waals surface area contributed by atoms with Gasteiger partial charge in [-0.3, -0.25) is 4.79 Å². The molecule has 2 fully saturated rings. The second-order valence-corrected chi connectivity index (χ2v) is 6.86. The minimum absolute atomic E-state index is 0.104. The number of rotatable bonds is 3. The number of carbonyl (C=O) groups excluding carboxylic acids is 1. The largest absolute Gasteiger partial charge is 0.463 e. The average molecular weight is 331 g/mol. The molecule has 1 aromatic rings. The van der Waals surface area contributed by atoms with Gasteiger partial charge in [0.25, 0.3) is 0 Å². The lowest BCUT2D eigenvalue weighted by Gasteiger charge is -2.38. The summed E-state index contributed by atoms with van der Waals surface area (Å²) >= 11 is 0. The van der Waals surface area contributed by atoms with Gasteiger partial charge in [-0.15, -0.1) is 0 Å². The van der Waals surface area contributed by atoms with Crippen molar-refractivity contribution >= 4 is 5.91 Å². The maximum atomic E-state index is 13.4. The zero-order chi connectivity index (χ0) is 16.9. The first-order valence-corrected chi connectivity index (χ1v) is 7.79. The van der Waals surface area contributed by atoms with Crippen molar-refractivity contribution in [1.29, 1.82) is 0 Å². The van der Waals surface area contributed by atoms with Crippen LogP contribution in [0.25, 0.3) is 0 Å². The number of likely N-dealkylation sites (tertiary alicyclic amines) is 1. The Labute approximate surface area is 132 Å². The van der Waals surface area contributed by atoms with Gasteiger partial charge in [-0.1, -0.05) is 6.42 Å². The highest BCUT2D eigenvalue weighted by Gasteiger charge is 2.59. The van der Waals surface area contributed by atoms with Gasteiger partial charge in [0.15, 0.2) is 0 Å². The normalized spacial score (nSPS) is 22.9. The van der Waals surface area contributed by atoms with Crippen molar-refractivity contribution in [3.63, 3.8) is 0 Å². The Bertz CT molecular complexity index is 606. The molecule has 1 amide bonds. The average Bonchev–Trinajstić information content (AvgIpc) is 3.02. The van der Waals surface area contributed by atoms with E-state index in [1.807, 2.05) is 0 Å². The minimum atomic E-state index is -4.99. The Kier molecular flexibility index (Phi) is 3.74. The van der Waals surface area contributed by atoms with Gasteiger partial charge in [-0.2, -0.15) is 13.2 Å². The van der Waals surface area contributed by atoms with Crippen molar-refractivity contribution < 1.29 is 27.5 Å². The highest BCUT2D eigenvalue weighted by Crippen LogP contribution is 2.49. The second-order valence-electron chi connectivity index (χ2n) is 6.86. The van der Waals surface area contributed by atoms with E-state index in [1.165, 1.54) is 17.9 Å². The Balaban J connectivity index is 1.78. The summed E-state index contributed by atoms with van der Waals surface area (Å²) in [5.41, 5.74) is -3.18. The zero-order valence-corrected chi connectivity index (χ0v) is 12.9. The second kappa shape index (κ2) is 5.26. The monoisotopic (exact) mass is 331 g/mol. The van der Waals surface area contributed by atoms with E-state index in [9.17, 15) is 23.1 Å². The van der Waals surface area contributed by atoms with E-state index in [-0.39, 0.29) is 11.2 Å². The molecule has 1 atom stereocenters. The van der Waals surface area contributed by atoms with E-state index in [2.05, 4.69) is 0 Å². The molecule has 0 aromatic carbocycles. The van der Waals surface area contributed by atoms with Crippen LogP contribution in [0.2, 0.25) is 0 Å². The molecule has 1 saturated carbocycles. The number of furan rings is 1. The molecular formula is C16H20F3NO3. The van der Waals surface area contributed by atoms with Crippen molar-refractivity contribution in [2.24, 2.45) is 5.41 Å². The van der Waals surface area contributed by atoms with Crippen molar-refractivity contribution in [3.05, 3.63) is 23.7 Å². The molecule has 4 nitrogen and oxygen atoms in total. The molecule has 3 rings (SSSR count). The number of hydrogen-bond acceptors (Lipinski definition) is 3. The molecule has 2 aliphatic rings. The maximum absolute atomic E-state index is 13.4. The first-order chi connectivity index (χ1) is 10.7. The van der Waals surface area contributed by atoms with Gasteiger partial charge in [-0.25, -0.2) is 0 Å². The van der Waals surface area contributed by atoms with E-state index in [0.717, 1.165) is 31.7 Å². The molecule has 128 valence electrons. The number of amides is 1. The summed E-state index contributed by atoms with van der Waals surface area (Å²) in [5, 5.41) is 10.2. The molecule has 1 aliphatic heterocycles. The number of halogens is 3. The summed E-state index contributed by atoms with van der Waals surface area (Å²) < 4.78 is 45.2. The van der Waals surface area contributed by atoms with Crippen LogP contribution in [0, 0.1) is 12.3 Å². The van der Waals surface area contributed by atoms with Gasteiger partial charge in [0, 0.05) is 13.1 Å². The molecule has 1 unspecified atom stereocenters. The smallest absolute Gasteiger partial charge is 0.425 e. The molecule has 1 aliphatic carbocycles. The van der Waals surface area contributed by atoms with Crippen LogP contribution >= 0.6 is 0 Å². The zero-order valence-electron chi connectivity index (χ0n) is 12.9. The Morgan fingerprint density at radius 3 is 2.48 bits per heavy atom. The summed E-state index contributed by atoms with van der Waals surface area (Å²) in [6, 6.07) is 2.42. The van der Waals surface area contributed by atoms with Gasteiger partial charge in [0.05, 0.1) is 6.42 Å². The van der Waals surface area contributed by atoms with Crippen molar-refractivity contribution in [2.45, 2.75) is 50.8 Å². The molecule has 23 heavy (non-hydrogen) atoms. The number of nitrogens with zero attached hydrogens (tertiary/aromatic N) is 1. The van der Waals surface area contributed by atoms with E-state index < -0.39 is 29.9 Å². The molecule has 1 saturated heterocycles.